The van der Waals surface area contributed by atoms with Gasteiger partial charge in [0.05, 0.1) is 16.5 Å². The summed E-state index contributed by atoms with van der Waals surface area (Å²) in [6, 6.07) is 10.2. The van der Waals surface area contributed by atoms with Crippen molar-refractivity contribution in [2.45, 2.75) is 6.92 Å². The van der Waals surface area contributed by atoms with Gasteiger partial charge in [-0.05, 0) is 18.6 Å². The number of nitrogens with one attached hydrogen (secondary N) is 2. The molecular weight excluding hydrogens is 348 g/mol. The third kappa shape index (κ3) is 2.69. The fourth-order valence-electron chi connectivity index (χ4n) is 3.61. The number of amides is 1. The topological polar surface area (TPSA) is 74.8 Å². The highest BCUT2D eigenvalue weighted by molar-refractivity contribution is 6.24. The van der Waals surface area contributed by atoms with Gasteiger partial charge in [0.15, 0.2) is 12.4 Å². The van der Waals surface area contributed by atoms with E-state index in [2.05, 4.69) is 29.5 Å². The molecule has 0 saturated carbocycles. The van der Waals surface area contributed by atoms with Gasteiger partial charge >= 0.3 is 0 Å². The van der Waals surface area contributed by atoms with Crippen LogP contribution >= 0.6 is 0 Å². The number of H-pyrrole nitrogens is 1. The first kappa shape index (κ1) is 18.2. The molecule has 0 spiro atoms. The van der Waals surface area contributed by atoms with Crippen molar-refractivity contribution in [2.24, 2.45) is 12.8 Å². The van der Waals surface area contributed by atoms with E-state index in [0.29, 0.717) is 18.7 Å². The number of hydrogen-bond acceptors (Lipinski definition) is 2. The van der Waals surface area contributed by atoms with Crippen molar-refractivity contribution in [3.05, 3.63) is 53.9 Å². The van der Waals surface area contributed by atoms with Crippen LogP contribution in [0.15, 0.2) is 42.7 Å². The van der Waals surface area contributed by atoms with Gasteiger partial charge < -0.3 is 28.4 Å². The predicted molar refractivity (Wildman–Crippen MR) is 101 cm³/mol. The maximum Gasteiger partial charge on any atom is 0.254 e. The number of aromatic nitrogens is 2. The Balaban J connectivity index is 0.00000196. The summed E-state index contributed by atoms with van der Waals surface area (Å²) in [5.74, 6) is -0.0964. The smallest absolute Gasteiger partial charge is 0.254 e. The van der Waals surface area contributed by atoms with Crippen molar-refractivity contribution in [1.29, 1.82) is 0 Å². The molecule has 2 aromatic heterocycles. The summed E-state index contributed by atoms with van der Waals surface area (Å²) < 4.78 is 2.01. The Morgan fingerprint density at radius 1 is 1.19 bits per heavy atom. The number of aryl methyl sites for hydroxylation is 2. The van der Waals surface area contributed by atoms with E-state index in [1.165, 1.54) is 5.56 Å². The number of benzene rings is 2. The lowest BCUT2D eigenvalue weighted by Crippen LogP contribution is -3.00. The molecule has 2 aromatic carbocycles. The molecule has 0 aliphatic carbocycles. The van der Waals surface area contributed by atoms with Crippen LogP contribution in [0.2, 0.25) is 0 Å². The van der Waals surface area contributed by atoms with E-state index in [1.54, 1.807) is 0 Å². The number of nitrogens with zero attached hydrogens (tertiary/aromatic N) is 1. The second-order valence-electron chi connectivity index (χ2n) is 6.40. The Morgan fingerprint density at radius 3 is 2.73 bits per heavy atom. The molecule has 5 nitrogen and oxygen atoms in total. The van der Waals surface area contributed by atoms with Crippen LogP contribution in [0, 0.1) is 6.92 Å². The number of carbonyl (C=O) groups is 1. The molecule has 6 heteroatoms. The van der Waals surface area contributed by atoms with Crippen LogP contribution in [0.3, 0.4) is 0 Å². The molecule has 0 saturated heterocycles. The number of pyridine rings is 1. The Kier molecular flexibility index (Phi) is 4.85. The number of fused-ring (bicyclic) bond motifs is 4. The first-order valence-electron chi connectivity index (χ1n) is 8.42. The largest absolute Gasteiger partial charge is 1.00 e. The molecule has 0 radical (unpaired) electrons. The highest BCUT2D eigenvalue weighted by Gasteiger charge is 2.21. The first-order valence-corrected chi connectivity index (χ1v) is 8.42. The summed E-state index contributed by atoms with van der Waals surface area (Å²) in [4.78, 5) is 16.4. The third-order valence-corrected chi connectivity index (χ3v) is 4.76. The molecular formula is C20H21ClN4O. The van der Waals surface area contributed by atoms with Gasteiger partial charge in [-0.15, -0.1) is 0 Å². The fourth-order valence-corrected chi connectivity index (χ4v) is 3.61. The monoisotopic (exact) mass is 368 g/mol. The van der Waals surface area contributed by atoms with E-state index in [-0.39, 0.29) is 18.3 Å². The Hall–Kier alpha value is -2.63. The van der Waals surface area contributed by atoms with E-state index < -0.39 is 0 Å². The van der Waals surface area contributed by atoms with E-state index in [0.717, 1.165) is 32.6 Å². The van der Waals surface area contributed by atoms with Gasteiger partial charge in [-0.3, -0.25) is 4.79 Å². The lowest BCUT2D eigenvalue weighted by molar-refractivity contribution is -0.670. The number of halogens is 1. The lowest BCUT2D eigenvalue weighted by Gasteiger charge is -2.11. The van der Waals surface area contributed by atoms with Crippen LogP contribution in [0.5, 0.6) is 0 Å². The van der Waals surface area contributed by atoms with Crippen LogP contribution in [0.4, 0.5) is 0 Å². The van der Waals surface area contributed by atoms with E-state index >= 15 is 0 Å². The van der Waals surface area contributed by atoms with Crippen molar-refractivity contribution < 1.29 is 21.8 Å². The molecule has 1 amide bonds. The van der Waals surface area contributed by atoms with Crippen LogP contribution in [0.1, 0.15) is 15.9 Å². The molecule has 0 bridgehead atoms. The van der Waals surface area contributed by atoms with Gasteiger partial charge in [0.25, 0.3) is 5.91 Å². The minimum absolute atomic E-state index is 0. The van der Waals surface area contributed by atoms with Gasteiger partial charge in [0.1, 0.15) is 7.05 Å². The van der Waals surface area contributed by atoms with Gasteiger partial charge in [-0.25, -0.2) is 4.57 Å². The maximum absolute atomic E-state index is 12.9. The number of nitrogens with two attached hydrogens (primary N) is 1. The number of carbonyl (C=O) groups excluding carboxylic acids is 1. The molecule has 134 valence electrons. The average molecular weight is 369 g/mol. The Labute approximate surface area is 157 Å². The summed E-state index contributed by atoms with van der Waals surface area (Å²) in [7, 11) is 1.99. The van der Waals surface area contributed by atoms with Gasteiger partial charge in [0.2, 0.25) is 0 Å². The van der Waals surface area contributed by atoms with Crippen LogP contribution in [0.25, 0.3) is 32.6 Å². The summed E-state index contributed by atoms with van der Waals surface area (Å²) in [6.07, 6.45) is 4.04. The maximum atomic E-state index is 12.9. The third-order valence-electron chi connectivity index (χ3n) is 4.76. The average Bonchev–Trinajstić information content (AvgIpc) is 3.00. The van der Waals surface area contributed by atoms with Crippen LogP contribution in [-0.4, -0.2) is 24.0 Å². The van der Waals surface area contributed by atoms with Crippen molar-refractivity contribution >= 4 is 38.5 Å². The van der Waals surface area contributed by atoms with Gasteiger partial charge in [0, 0.05) is 40.8 Å². The molecule has 0 fully saturated rings. The highest BCUT2D eigenvalue weighted by atomic mass is 35.5. The Morgan fingerprint density at radius 2 is 1.96 bits per heavy atom. The summed E-state index contributed by atoms with van der Waals surface area (Å²) >= 11 is 0. The minimum atomic E-state index is -0.0964. The van der Waals surface area contributed by atoms with Crippen molar-refractivity contribution in [2.75, 3.05) is 13.1 Å². The second-order valence-corrected chi connectivity index (χ2v) is 6.40. The van der Waals surface area contributed by atoms with Crippen molar-refractivity contribution in [1.82, 2.24) is 10.3 Å². The number of para-hydroxylation sites is 1. The Bertz CT molecular complexity index is 1130. The van der Waals surface area contributed by atoms with Crippen LogP contribution in [-0.2, 0) is 7.05 Å². The number of hydrogen-bond donors (Lipinski definition) is 3. The molecule has 0 aliphatic heterocycles. The highest BCUT2D eigenvalue weighted by Crippen LogP contribution is 2.36. The van der Waals surface area contributed by atoms with E-state index in [4.69, 9.17) is 5.73 Å². The second kappa shape index (κ2) is 6.94. The molecule has 2 heterocycles. The number of aromatic amines is 1. The molecule has 4 N–H and O–H groups in total. The molecule has 0 atom stereocenters. The zero-order chi connectivity index (χ0) is 17.6. The quantitative estimate of drug-likeness (QED) is 0.418. The summed E-state index contributed by atoms with van der Waals surface area (Å²) in [6.45, 7) is 2.99. The first-order chi connectivity index (χ1) is 12.1. The summed E-state index contributed by atoms with van der Waals surface area (Å²) in [5, 5.41) is 7.19. The number of rotatable bonds is 3. The molecule has 4 rings (SSSR count). The fraction of sp³-hybridized carbons (Fsp3) is 0.200. The van der Waals surface area contributed by atoms with Gasteiger partial charge in [-0.1, -0.05) is 18.2 Å². The summed E-state index contributed by atoms with van der Waals surface area (Å²) in [5.41, 5.74) is 9.34. The zero-order valence-electron chi connectivity index (χ0n) is 14.8. The normalized spacial score (nSPS) is 11.0. The molecule has 0 unspecified atom stereocenters. The molecule has 26 heavy (non-hydrogen) atoms. The minimum Gasteiger partial charge on any atom is -1.00 e. The van der Waals surface area contributed by atoms with Crippen LogP contribution < -0.4 is 28.0 Å². The standard InChI is InChI=1S/C20H20N4O.ClH/c1-12-15-11-24(2)10-7-13(15)18(20(25)22-9-8-21)19-17(12)14-5-3-4-6-16(14)23-19;/h3-7,10-11H,8-9,21H2,1-2H3,(H,22,25);1H. The predicted octanol–water partition coefficient (Wildman–Crippen LogP) is -0.700. The lowest BCUT2D eigenvalue weighted by atomic mass is 9.95. The SMILES string of the molecule is Cc1c2c[n+](C)ccc2c(C(=O)NCCN)c2[nH]c3ccccc3c12.[Cl-]. The van der Waals surface area contributed by atoms with E-state index in [9.17, 15) is 4.79 Å². The van der Waals surface area contributed by atoms with Crippen molar-refractivity contribution in [3.63, 3.8) is 0 Å². The molecule has 4 aromatic rings. The zero-order valence-corrected chi connectivity index (χ0v) is 15.5. The van der Waals surface area contributed by atoms with E-state index in [1.807, 2.05) is 42.1 Å². The van der Waals surface area contributed by atoms with Crippen molar-refractivity contribution in [3.8, 4) is 0 Å². The van der Waals surface area contributed by atoms with Gasteiger partial charge in [-0.2, -0.15) is 0 Å². The molecule has 0 aliphatic rings.